The quantitative estimate of drug-likeness (QED) is 0.688. The van der Waals surface area contributed by atoms with E-state index in [-0.39, 0.29) is 11.9 Å². The fraction of sp³-hybridized carbons (Fsp3) is 0.350. The molecular weight excluding hydrogens is 330 g/mol. The standard InChI is InChI=1S/C20H21N3OS/c1-11-17-12(2)21-13(3)22-19(17)25-18(11)20(24)23(4)16-10-9-14-7-5-6-8-15(14)16/h5-8,16H,9-10H2,1-4H3. The summed E-state index contributed by atoms with van der Waals surface area (Å²) in [6.07, 6.45) is 2.02. The minimum atomic E-state index is 0.0826. The van der Waals surface area contributed by atoms with Crippen LogP contribution < -0.4 is 0 Å². The summed E-state index contributed by atoms with van der Waals surface area (Å²) in [4.78, 5) is 25.8. The molecule has 0 N–H and O–H groups in total. The van der Waals surface area contributed by atoms with Gasteiger partial charge in [0.05, 0.1) is 10.9 Å². The zero-order valence-electron chi connectivity index (χ0n) is 15.0. The molecule has 0 aliphatic heterocycles. The Balaban J connectivity index is 1.73. The van der Waals surface area contributed by atoms with Crippen LogP contribution >= 0.6 is 11.3 Å². The van der Waals surface area contributed by atoms with Crippen LogP contribution in [0.2, 0.25) is 0 Å². The highest BCUT2D eigenvalue weighted by Crippen LogP contribution is 2.38. The van der Waals surface area contributed by atoms with Gasteiger partial charge in [-0.15, -0.1) is 11.3 Å². The van der Waals surface area contributed by atoms with Crippen LogP contribution in [-0.2, 0) is 6.42 Å². The second-order valence-electron chi connectivity index (χ2n) is 6.76. The van der Waals surface area contributed by atoms with E-state index in [2.05, 4.69) is 34.2 Å². The fourth-order valence-corrected chi connectivity index (χ4v) is 5.18. The number of nitrogens with zero attached hydrogens (tertiary/aromatic N) is 3. The van der Waals surface area contributed by atoms with Crippen molar-refractivity contribution in [1.29, 1.82) is 0 Å². The summed E-state index contributed by atoms with van der Waals surface area (Å²) >= 11 is 1.49. The molecule has 0 saturated carbocycles. The third kappa shape index (κ3) is 2.54. The molecule has 0 radical (unpaired) electrons. The van der Waals surface area contributed by atoms with Crippen molar-refractivity contribution in [1.82, 2.24) is 14.9 Å². The van der Waals surface area contributed by atoms with E-state index in [9.17, 15) is 4.79 Å². The first-order chi connectivity index (χ1) is 12.0. The van der Waals surface area contributed by atoms with Gasteiger partial charge in [0, 0.05) is 18.1 Å². The fourth-order valence-electron chi connectivity index (χ4n) is 3.92. The summed E-state index contributed by atoms with van der Waals surface area (Å²) in [5.41, 5.74) is 4.59. The Morgan fingerprint density at radius 1 is 1.20 bits per heavy atom. The normalized spacial score (nSPS) is 16.2. The Labute approximate surface area is 151 Å². The maximum absolute atomic E-state index is 13.2. The van der Waals surface area contributed by atoms with E-state index in [0.29, 0.717) is 0 Å². The van der Waals surface area contributed by atoms with Gasteiger partial charge in [-0.05, 0) is 50.3 Å². The van der Waals surface area contributed by atoms with Gasteiger partial charge in [-0.25, -0.2) is 9.97 Å². The molecule has 3 aromatic rings. The number of thiophene rings is 1. The average Bonchev–Trinajstić information content (AvgIpc) is 3.15. The predicted octanol–water partition coefficient (Wildman–Crippen LogP) is 4.38. The van der Waals surface area contributed by atoms with Gasteiger partial charge in [0.15, 0.2) is 0 Å². The van der Waals surface area contributed by atoms with Crippen molar-refractivity contribution in [3.05, 3.63) is 57.4 Å². The van der Waals surface area contributed by atoms with Gasteiger partial charge in [-0.1, -0.05) is 24.3 Å². The molecule has 0 spiro atoms. The highest BCUT2D eigenvalue weighted by Gasteiger charge is 2.30. The van der Waals surface area contributed by atoms with Gasteiger partial charge in [0.2, 0.25) is 0 Å². The summed E-state index contributed by atoms with van der Waals surface area (Å²) in [5, 5.41) is 1.03. The molecule has 1 aliphatic rings. The maximum Gasteiger partial charge on any atom is 0.264 e. The maximum atomic E-state index is 13.2. The van der Waals surface area contributed by atoms with Crippen LogP contribution in [0.4, 0.5) is 0 Å². The van der Waals surface area contributed by atoms with Crippen LogP contribution in [0.3, 0.4) is 0 Å². The lowest BCUT2D eigenvalue weighted by Crippen LogP contribution is -2.29. The summed E-state index contributed by atoms with van der Waals surface area (Å²) in [6, 6.07) is 8.60. The highest BCUT2D eigenvalue weighted by molar-refractivity contribution is 7.20. The van der Waals surface area contributed by atoms with Crippen molar-refractivity contribution in [3.8, 4) is 0 Å². The molecule has 4 rings (SSSR count). The molecular formula is C20H21N3OS. The second kappa shape index (κ2) is 5.92. The molecule has 1 atom stereocenters. The van der Waals surface area contributed by atoms with Gasteiger partial charge < -0.3 is 4.90 Å². The monoisotopic (exact) mass is 351 g/mol. The Kier molecular flexibility index (Phi) is 3.84. The van der Waals surface area contributed by atoms with Crippen molar-refractivity contribution >= 4 is 27.5 Å². The molecule has 1 unspecified atom stereocenters. The highest BCUT2D eigenvalue weighted by atomic mass is 32.1. The number of carbonyl (C=O) groups is 1. The van der Waals surface area contributed by atoms with E-state index in [1.807, 2.05) is 32.7 Å². The first-order valence-electron chi connectivity index (χ1n) is 8.56. The smallest absolute Gasteiger partial charge is 0.264 e. The van der Waals surface area contributed by atoms with Crippen LogP contribution in [0, 0.1) is 20.8 Å². The van der Waals surface area contributed by atoms with E-state index < -0.39 is 0 Å². The van der Waals surface area contributed by atoms with Gasteiger partial charge >= 0.3 is 0 Å². The molecule has 2 heterocycles. The minimum Gasteiger partial charge on any atom is -0.334 e. The number of benzene rings is 1. The lowest BCUT2D eigenvalue weighted by molar-refractivity contribution is 0.0735. The van der Waals surface area contributed by atoms with E-state index >= 15 is 0 Å². The number of fused-ring (bicyclic) bond motifs is 2. The van der Waals surface area contributed by atoms with E-state index in [4.69, 9.17) is 0 Å². The molecule has 25 heavy (non-hydrogen) atoms. The third-order valence-electron chi connectivity index (χ3n) is 5.17. The van der Waals surface area contributed by atoms with Crippen LogP contribution in [-0.4, -0.2) is 27.8 Å². The Morgan fingerprint density at radius 2 is 1.96 bits per heavy atom. The molecule has 1 aliphatic carbocycles. The number of hydrogen-bond donors (Lipinski definition) is 0. The predicted molar refractivity (Wildman–Crippen MR) is 101 cm³/mol. The van der Waals surface area contributed by atoms with Crippen molar-refractivity contribution < 1.29 is 4.79 Å². The van der Waals surface area contributed by atoms with Crippen molar-refractivity contribution in [2.45, 2.75) is 39.7 Å². The van der Waals surface area contributed by atoms with Crippen LogP contribution in [0.1, 0.15) is 50.3 Å². The Hall–Kier alpha value is -2.27. The van der Waals surface area contributed by atoms with Crippen LogP contribution in [0.25, 0.3) is 10.2 Å². The number of aryl methyl sites for hydroxylation is 4. The van der Waals surface area contributed by atoms with Gasteiger partial charge in [0.1, 0.15) is 10.7 Å². The lowest BCUT2D eigenvalue weighted by atomic mass is 10.1. The van der Waals surface area contributed by atoms with Crippen molar-refractivity contribution in [2.24, 2.45) is 0 Å². The molecule has 128 valence electrons. The summed E-state index contributed by atoms with van der Waals surface area (Å²) in [5.74, 6) is 0.836. The zero-order valence-corrected chi connectivity index (χ0v) is 15.8. The first kappa shape index (κ1) is 16.2. The first-order valence-corrected chi connectivity index (χ1v) is 9.38. The largest absolute Gasteiger partial charge is 0.334 e. The number of rotatable bonds is 2. The zero-order chi connectivity index (χ0) is 17.7. The SMILES string of the molecule is Cc1nc(C)c2c(C)c(C(=O)N(C)C3CCc4ccccc43)sc2n1. The molecule has 4 nitrogen and oxygen atoms in total. The molecule has 0 bridgehead atoms. The average molecular weight is 351 g/mol. The number of aromatic nitrogens is 2. The van der Waals surface area contributed by atoms with Crippen LogP contribution in [0.15, 0.2) is 24.3 Å². The summed E-state index contributed by atoms with van der Waals surface area (Å²) in [6.45, 7) is 5.89. The Bertz CT molecular complexity index is 992. The molecule has 1 amide bonds. The lowest BCUT2D eigenvalue weighted by Gasteiger charge is -2.25. The van der Waals surface area contributed by atoms with Crippen LogP contribution in [0.5, 0.6) is 0 Å². The van der Waals surface area contributed by atoms with E-state index in [0.717, 1.165) is 45.0 Å². The molecule has 2 aromatic heterocycles. The van der Waals surface area contributed by atoms with Gasteiger partial charge in [-0.3, -0.25) is 4.79 Å². The number of hydrogen-bond acceptors (Lipinski definition) is 4. The molecule has 0 fully saturated rings. The minimum absolute atomic E-state index is 0.0826. The van der Waals surface area contributed by atoms with Crippen molar-refractivity contribution in [2.75, 3.05) is 7.05 Å². The number of carbonyl (C=O) groups excluding carboxylic acids is 1. The molecule has 1 aromatic carbocycles. The third-order valence-corrected chi connectivity index (χ3v) is 6.34. The summed E-state index contributed by atoms with van der Waals surface area (Å²) < 4.78 is 0. The van der Waals surface area contributed by atoms with Gasteiger partial charge in [-0.2, -0.15) is 0 Å². The second-order valence-corrected chi connectivity index (χ2v) is 7.76. The van der Waals surface area contributed by atoms with Crippen molar-refractivity contribution in [3.63, 3.8) is 0 Å². The van der Waals surface area contributed by atoms with E-state index in [1.54, 1.807) is 0 Å². The topological polar surface area (TPSA) is 46.1 Å². The molecule has 0 saturated heterocycles. The Morgan fingerprint density at radius 3 is 2.76 bits per heavy atom. The molecule has 5 heteroatoms. The van der Waals surface area contributed by atoms with E-state index in [1.165, 1.54) is 22.5 Å². The van der Waals surface area contributed by atoms with Gasteiger partial charge in [0.25, 0.3) is 5.91 Å². The number of amides is 1. The summed E-state index contributed by atoms with van der Waals surface area (Å²) in [7, 11) is 1.92.